The van der Waals surface area contributed by atoms with E-state index in [4.69, 9.17) is 9.84 Å². The Kier molecular flexibility index (Phi) is 4.33. The second-order valence-electron chi connectivity index (χ2n) is 4.41. The molecule has 0 radical (unpaired) electrons. The number of ether oxygens (including phenoxy) is 1. The third-order valence-corrected chi connectivity index (χ3v) is 2.80. The number of nitrogens with zero attached hydrogens (tertiary/aromatic N) is 2. The fourth-order valence-corrected chi connectivity index (χ4v) is 1.87. The molecule has 0 aliphatic heterocycles. The molecule has 0 fully saturated rings. The van der Waals surface area contributed by atoms with Crippen molar-refractivity contribution in [2.45, 2.75) is 25.8 Å². The summed E-state index contributed by atoms with van der Waals surface area (Å²) in [6, 6.07) is -0.0307. The van der Waals surface area contributed by atoms with Crippen LogP contribution in [-0.2, 0) is 4.79 Å². The molecular formula is C13H17N3O3. The van der Waals surface area contributed by atoms with Gasteiger partial charge in [0.05, 0.1) is 24.9 Å². The Morgan fingerprint density at radius 2 is 2.37 bits per heavy atom. The van der Waals surface area contributed by atoms with Crippen LogP contribution in [0.3, 0.4) is 0 Å². The topological polar surface area (TPSA) is 84.3 Å². The minimum Gasteiger partial charge on any atom is -0.481 e. The largest absolute Gasteiger partial charge is 0.481 e. The van der Waals surface area contributed by atoms with Crippen LogP contribution in [0.2, 0.25) is 0 Å². The van der Waals surface area contributed by atoms with Crippen LogP contribution < -0.4 is 10.1 Å². The second kappa shape index (κ2) is 6.17. The lowest BCUT2D eigenvalue weighted by atomic mass is 10.1. The number of nitrogens with one attached hydrogen (secondary N) is 1. The van der Waals surface area contributed by atoms with Crippen LogP contribution >= 0.6 is 0 Å². The maximum atomic E-state index is 10.8. The third-order valence-electron chi connectivity index (χ3n) is 2.80. The van der Waals surface area contributed by atoms with Crippen LogP contribution in [-0.4, -0.2) is 33.7 Å². The van der Waals surface area contributed by atoms with Gasteiger partial charge in [0, 0.05) is 6.04 Å². The highest BCUT2D eigenvalue weighted by Gasteiger charge is 2.24. The summed E-state index contributed by atoms with van der Waals surface area (Å²) in [5.74, 6) is -0.158. The van der Waals surface area contributed by atoms with Crippen molar-refractivity contribution in [3.8, 4) is 5.88 Å². The van der Waals surface area contributed by atoms with Crippen LogP contribution in [0.1, 0.15) is 19.8 Å². The average Bonchev–Trinajstić information content (AvgIpc) is 2.85. The van der Waals surface area contributed by atoms with Crippen molar-refractivity contribution >= 4 is 11.8 Å². The number of hydrogen-bond donors (Lipinski definition) is 2. The molecule has 2 unspecified atom stereocenters. The van der Waals surface area contributed by atoms with Crippen LogP contribution in [0, 0.1) is 5.92 Å². The standard InChI is InChI=1S/C13H17N3O3/c1-2-5-19-12-8-14-7-11(16-12)15-10-4-3-9(6-10)13(17)18/h3-4,7-10H,2,5-6H2,1H3,(H,15,16)(H,17,18). The smallest absolute Gasteiger partial charge is 0.310 e. The first-order valence-corrected chi connectivity index (χ1v) is 6.31. The number of carboxylic acid groups (broad SMARTS) is 1. The third kappa shape index (κ3) is 3.67. The maximum Gasteiger partial charge on any atom is 0.310 e. The van der Waals surface area contributed by atoms with Gasteiger partial charge in [0.25, 0.3) is 0 Å². The number of carbonyl (C=O) groups is 1. The van der Waals surface area contributed by atoms with Gasteiger partial charge in [-0.15, -0.1) is 0 Å². The Balaban J connectivity index is 1.93. The second-order valence-corrected chi connectivity index (χ2v) is 4.41. The number of aromatic nitrogens is 2. The molecular weight excluding hydrogens is 246 g/mol. The van der Waals surface area contributed by atoms with Gasteiger partial charge in [-0.05, 0) is 12.8 Å². The summed E-state index contributed by atoms with van der Waals surface area (Å²) in [7, 11) is 0. The highest BCUT2D eigenvalue weighted by Crippen LogP contribution is 2.21. The zero-order valence-electron chi connectivity index (χ0n) is 10.7. The predicted octanol–water partition coefficient (Wildman–Crippen LogP) is 1.71. The summed E-state index contributed by atoms with van der Waals surface area (Å²) in [4.78, 5) is 19.2. The lowest BCUT2D eigenvalue weighted by Gasteiger charge is -2.13. The van der Waals surface area contributed by atoms with Crippen molar-refractivity contribution in [3.05, 3.63) is 24.5 Å². The number of rotatable bonds is 6. The fraction of sp³-hybridized carbons (Fsp3) is 0.462. The molecule has 1 aliphatic rings. The van der Waals surface area contributed by atoms with E-state index in [1.165, 1.54) is 0 Å². The molecule has 2 rings (SSSR count). The zero-order chi connectivity index (χ0) is 13.7. The fourth-order valence-electron chi connectivity index (χ4n) is 1.87. The molecule has 1 aromatic rings. The molecule has 0 amide bonds. The molecule has 0 bridgehead atoms. The Hall–Kier alpha value is -2.11. The molecule has 6 nitrogen and oxygen atoms in total. The van der Waals surface area contributed by atoms with Gasteiger partial charge >= 0.3 is 5.97 Å². The minimum atomic E-state index is -0.799. The Labute approximate surface area is 111 Å². The Morgan fingerprint density at radius 1 is 1.53 bits per heavy atom. The van der Waals surface area contributed by atoms with Gasteiger partial charge in [0.1, 0.15) is 5.82 Å². The molecule has 19 heavy (non-hydrogen) atoms. The van der Waals surface area contributed by atoms with E-state index in [0.29, 0.717) is 24.7 Å². The zero-order valence-corrected chi connectivity index (χ0v) is 10.7. The number of carboxylic acids is 1. The first-order valence-electron chi connectivity index (χ1n) is 6.31. The van der Waals surface area contributed by atoms with Crippen LogP contribution in [0.5, 0.6) is 5.88 Å². The van der Waals surface area contributed by atoms with E-state index in [2.05, 4.69) is 15.3 Å². The average molecular weight is 263 g/mol. The van der Waals surface area contributed by atoms with Crippen LogP contribution in [0.4, 0.5) is 5.82 Å². The van der Waals surface area contributed by atoms with Gasteiger partial charge in [0.2, 0.25) is 5.88 Å². The lowest BCUT2D eigenvalue weighted by Crippen LogP contribution is -2.19. The van der Waals surface area contributed by atoms with E-state index in [9.17, 15) is 4.79 Å². The number of anilines is 1. The van der Waals surface area contributed by atoms with E-state index in [1.807, 2.05) is 13.0 Å². The monoisotopic (exact) mass is 263 g/mol. The van der Waals surface area contributed by atoms with E-state index >= 15 is 0 Å². The SMILES string of the molecule is CCCOc1cncc(NC2C=CC(C(=O)O)C2)n1. The van der Waals surface area contributed by atoms with Gasteiger partial charge < -0.3 is 15.2 Å². The molecule has 1 aliphatic carbocycles. The highest BCUT2D eigenvalue weighted by molar-refractivity contribution is 5.73. The molecule has 6 heteroatoms. The van der Waals surface area contributed by atoms with Crippen molar-refractivity contribution in [2.24, 2.45) is 5.92 Å². The molecule has 0 saturated heterocycles. The molecule has 102 valence electrons. The molecule has 1 aromatic heterocycles. The summed E-state index contributed by atoms with van der Waals surface area (Å²) in [5.41, 5.74) is 0. The van der Waals surface area contributed by atoms with Crippen LogP contribution in [0.15, 0.2) is 24.5 Å². The van der Waals surface area contributed by atoms with Gasteiger partial charge in [-0.25, -0.2) is 0 Å². The maximum absolute atomic E-state index is 10.8. The normalized spacial score (nSPS) is 21.3. The number of aliphatic carboxylic acids is 1. The van der Waals surface area contributed by atoms with E-state index < -0.39 is 11.9 Å². The van der Waals surface area contributed by atoms with E-state index in [0.717, 1.165) is 6.42 Å². The molecule has 0 aromatic carbocycles. The molecule has 2 atom stereocenters. The van der Waals surface area contributed by atoms with Gasteiger partial charge in [-0.2, -0.15) is 4.98 Å². The van der Waals surface area contributed by atoms with Crippen molar-refractivity contribution in [1.82, 2.24) is 9.97 Å². The first-order chi connectivity index (χ1) is 9.19. The quantitative estimate of drug-likeness (QED) is 0.760. The Morgan fingerprint density at radius 3 is 3.05 bits per heavy atom. The summed E-state index contributed by atoms with van der Waals surface area (Å²) in [6.45, 7) is 2.62. The van der Waals surface area contributed by atoms with Crippen molar-refractivity contribution in [2.75, 3.05) is 11.9 Å². The van der Waals surface area contributed by atoms with Gasteiger partial charge in [-0.1, -0.05) is 19.1 Å². The summed E-state index contributed by atoms with van der Waals surface area (Å²) in [6.07, 6.45) is 8.14. The Bertz CT molecular complexity index is 476. The highest BCUT2D eigenvalue weighted by atomic mass is 16.5. The summed E-state index contributed by atoms with van der Waals surface area (Å²) >= 11 is 0. The van der Waals surface area contributed by atoms with Gasteiger partial charge in [0.15, 0.2) is 0 Å². The lowest BCUT2D eigenvalue weighted by molar-refractivity contribution is -0.140. The van der Waals surface area contributed by atoms with E-state index in [-0.39, 0.29) is 6.04 Å². The van der Waals surface area contributed by atoms with Gasteiger partial charge in [-0.3, -0.25) is 9.78 Å². The van der Waals surface area contributed by atoms with Crippen molar-refractivity contribution < 1.29 is 14.6 Å². The predicted molar refractivity (Wildman–Crippen MR) is 70.1 cm³/mol. The summed E-state index contributed by atoms with van der Waals surface area (Å²) in [5, 5.41) is 12.1. The van der Waals surface area contributed by atoms with Crippen molar-refractivity contribution in [1.29, 1.82) is 0 Å². The molecule has 1 heterocycles. The minimum absolute atomic E-state index is 0.0307. The summed E-state index contributed by atoms with van der Waals surface area (Å²) < 4.78 is 5.39. The molecule has 0 spiro atoms. The molecule has 0 saturated carbocycles. The van der Waals surface area contributed by atoms with E-state index in [1.54, 1.807) is 18.5 Å². The van der Waals surface area contributed by atoms with Crippen molar-refractivity contribution in [3.63, 3.8) is 0 Å². The number of hydrogen-bond acceptors (Lipinski definition) is 5. The van der Waals surface area contributed by atoms with Crippen LogP contribution in [0.25, 0.3) is 0 Å². The molecule has 2 N–H and O–H groups in total. The first kappa shape index (κ1) is 13.3.